The van der Waals surface area contributed by atoms with Crippen LogP contribution >= 0.6 is 0 Å². The highest BCUT2D eigenvalue weighted by molar-refractivity contribution is 5.81. The van der Waals surface area contributed by atoms with Gasteiger partial charge in [-0.05, 0) is 37.1 Å². The van der Waals surface area contributed by atoms with E-state index in [2.05, 4.69) is 23.0 Å². The van der Waals surface area contributed by atoms with Crippen LogP contribution in [0.1, 0.15) is 18.2 Å². The molecule has 0 unspecified atom stereocenters. The predicted octanol–water partition coefficient (Wildman–Crippen LogP) is 1.63. The lowest BCUT2D eigenvalue weighted by Gasteiger charge is -1.99. The van der Waals surface area contributed by atoms with Gasteiger partial charge in [-0.1, -0.05) is 6.92 Å². The highest BCUT2D eigenvalue weighted by atomic mass is 14.9. The van der Waals surface area contributed by atoms with Gasteiger partial charge in [-0.25, -0.2) is 4.98 Å². The fourth-order valence-corrected chi connectivity index (χ4v) is 1.86. The Labute approximate surface area is 83.3 Å². The highest BCUT2D eigenvalue weighted by Gasteiger charge is 2.08. The van der Waals surface area contributed by atoms with E-state index in [0.717, 1.165) is 18.5 Å². The molecular formula is C11H15N3. The number of aromatic nitrogens is 2. The quantitative estimate of drug-likeness (QED) is 0.771. The van der Waals surface area contributed by atoms with Gasteiger partial charge in [-0.3, -0.25) is 0 Å². The summed E-state index contributed by atoms with van der Waals surface area (Å²) in [6.45, 7) is 2.83. The maximum Gasteiger partial charge on any atom is 0.137 e. The molecule has 14 heavy (non-hydrogen) atoms. The minimum absolute atomic E-state index is 0.689. The van der Waals surface area contributed by atoms with Crippen molar-refractivity contribution in [3.8, 4) is 0 Å². The van der Waals surface area contributed by atoms with Crippen molar-refractivity contribution in [1.82, 2.24) is 9.97 Å². The van der Waals surface area contributed by atoms with Crippen LogP contribution in [0, 0.1) is 0 Å². The number of aromatic amines is 1. The second-order valence-corrected chi connectivity index (χ2v) is 3.37. The van der Waals surface area contributed by atoms with Gasteiger partial charge in [0.2, 0.25) is 0 Å². The largest absolute Gasteiger partial charge is 0.343 e. The van der Waals surface area contributed by atoms with Crippen LogP contribution in [0.25, 0.3) is 11.0 Å². The Morgan fingerprint density at radius 3 is 3.07 bits per heavy atom. The molecule has 0 aliphatic rings. The van der Waals surface area contributed by atoms with Crippen molar-refractivity contribution in [3.63, 3.8) is 0 Å². The zero-order valence-corrected chi connectivity index (χ0v) is 8.38. The van der Waals surface area contributed by atoms with E-state index in [4.69, 9.17) is 5.73 Å². The van der Waals surface area contributed by atoms with Crippen LogP contribution in [-0.4, -0.2) is 16.5 Å². The molecule has 74 valence electrons. The topological polar surface area (TPSA) is 54.7 Å². The fourth-order valence-electron chi connectivity index (χ4n) is 1.86. The molecule has 0 spiro atoms. The van der Waals surface area contributed by atoms with Gasteiger partial charge in [0, 0.05) is 17.3 Å². The lowest BCUT2D eigenvalue weighted by Crippen LogP contribution is -2.04. The van der Waals surface area contributed by atoms with E-state index in [1.807, 2.05) is 12.3 Å². The Bertz CT molecular complexity index is 431. The van der Waals surface area contributed by atoms with Crippen LogP contribution in [0.5, 0.6) is 0 Å². The Morgan fingerprint density at radius 1 is 1.50 bits per heavy atom. The van der Waals surface area contributed by atoms with Crippen LogP contribution in [0.2, 0.25) is 0 Å². The Kier molecular flexibility index (Phi) is 2.50. The Hall–Kier alpha value is -1.35. The number of aryl methyl sites for hydroxylation is 1. The molecule has 2 aromatic heterocycles. The molecule has 0 saturated carbocycles. The second-order valence-electron chi connectivity index (χ2n) is 3.37. The Balaban J connectivity index is 2.61. The zero-order valence-electron chi connectivity index (χ0n) is 8.38. The van der Waals surface area contributed by atoms with Crippen molar-refractivity contribution < 1.29 is 0 Å². The minimum Gasteiger partial charge on any atom is -0.343 e. The first-order valence-corrected chi connectivity index (χ1v) is 5.01. The normalized spacial score (nSPS) is 11.0. The van der Waals surface area contributed by atoms with Gasteiger partial charge in [0.05, 0.1) is 0 Å². The van der Waals surface area contributed by atoms with Gasteiger partial charge in [0.25, 0.3) is 0 Å². The molecule has 2 heterocycles. The van der Waals surface area contributed by atoms with Crippen molar-refractivity contribution in [2.45, 2.75) is 19.8 Å². The molecule has 2 rings (SSSR count). The smallest absolute Gasteiger partial charge is 0.137 e. The molecule has 0 aliphatic carbocycles. The van der Waals surface area contributed by atoms with E-state index < -0.39 is 0 Å². The predicted molar refractivity (Wildman–Crippen MR) is 58.2 cm³/mol. The number of nitrogens with zero attached hydrogens (tertiary/aromatic N) is 1. The van der Waals surface area contributed by atoms with E-state index in [0.29, 0.717) is 6.54 Å². The summed E-state index contributed by atoms with van der Waals surface area (Å²) in [7, 11) is 0. The highest BCUT2D eigenvalue weighted by Crippen LogP contribution is 2.21. The van der Waals surface area contributed by atoms with Gasteiger partial charge in [-0.15, -0.1) is 0 Å². The summed E-state index contributed by atoms with van der Waals surface area (Å²) in [6, 6.07) is 4.07. The van der Waals surface area contributed by atoms with Crippen molar-refractivity contribution in [3.05, 3.63) is 29.6 Å². The number of nitrogens with one attached hydrogen (secondary N) is 1. The SMILES string of the molecule is CCc1[nH]c2ncccc2c1CCN. The fraction of sp³-hybridized carbons (Fsp3) is 0.364. The van der Waals surface area contributed by atoms with E-state index in [9.17, 15) is 0 Å². The van der Waals surface area contributed by atoms with Gasteiger partial charge in [0.1, 0.15) is 5.65 Å². The number of pyridine rings is 1. The van der Waals surface area contributed by atoms with E-state index >= 15 is 0 Å². The van der Waals surface area contributed by atoms with E-state index in [-0.39, 0.29) is 0 Å². The molecule has 0 saturated heterocycles. The van der Waals surface area contributed by atoms with Crippen molar-refractivity contribution in [2.75, 3.05) is 6.54 Å². The molecule has 3 nitrogen and oxygen atoms in total. The summed E-state index contributed by atoms with van der Waals surface area (Å²) in [4.78, 5) is 7.63. The molecule has 0 amide bonds. The summed E-state index contributed by atoms with van der Waals surface area (Å²) in [5.41, 5.74) is 9.18. The molecule has 0 aromatic carbocycles. The van der Waals surface area contributed by atoms with Crippen LogP contribution in [-0.2, 0) is 12.8 Å². The number of fused-ring (bicyclic) bond motifs is 1. The van der Waals surface area contributed by atoms with Crippen LogP contribution in [0.15, 0.2) is 18.3 Å². The third kappa shape index (κ3) is 1.40. The summed E-state index contributed by atoms with van der Waals surface area (Å²) in [6.07, 6.45) is 3.74. The molecule has 0 aliphatic heterocycles. The average Bonchev–Trinajstić information content (AvgIpc) is 2.58. The summed E-state index contributed by atoms with van der Waals surface area (Å²) in [5.74, 6) is 0. The number of nitrogens with two attached hydrogens (primary N) is 1. The number of H-pyrrole nitrogens is 1. The second kappa shape index (κ2) is 3.80. The molecule has 0 atom stereocenters. The first kappa shape index (κ1) is 9.21. The summed E-state index contributed by atoms with van der Waals surface area (Å²) in [5, 5.41) is 1.22. The first-order chi connectivity index (χ1) is 6.86. The molecule has 0 fully saturated rings. The maximum atomic E-state index is 5.60. The molecule has 3 N–H and O–H groups in total. The molecule has 0 radical (unpaired) electrons. The zero-order chi connectivity index (χ0) is 9.97. The van der Waals surface area contributed by atoms with E-state index in [1.54, 1.807) is 0 Å². The molecule has 3 heteroatoms. The van der Waals surface area contributed by atoms with Crippen molar-refractivity contribution >= 4 is 11.0 Å². The summed E-state index contributed by atoms with van der Waals surface area (Å²) >= 11 is 0. The van der Waals surface area contributed by atoms with E-state index in [1.165, 1.54) is 16.6 Å². The standard InChI is InChI=1S/C11H15N3/c1-2-10-8(5-6-12)9-4-3-7-13-11(9)14-10/h3-4,7H,2,5-6,12H2,1H3,(H,13,14). The third-order valence-electron chi connectivity index (χ3n) is 2.51. The summed E-state index contributed by atoms with van der Waals surface area (Å²) < 4.78 is 0. The van der Waals surface area contributed by atoms with Gasteiger partial charge in [-0.2, -0.15) is 0 Å². The number of rotatable bonds is 3. The molecule has 0 bridgehead atoms. The minimum atomic E-state index is 0.689. The van der Waals surface area contributed by atoms with Crippen LogP contribution < -0.4 is 5.73 Å². The molecule has 2 aromatic rings. The Morgan fingerprint density at radius 2 is 2.36 bits per heavy atom. The third-order valence-corrected chi connectivity index (χ3v) is 2.51. The first-order valence-electron chi connectivity index (χ1n) is 5.01. The lowest BCUT2D eigenvalue weighted by molar-refractivity contribution is 0.936. The van der Waals surface area contributed by atoms with Crippen molar-refractivity contribution in [2.24, 2.45) is 5.73 Å². The lowest BCUT2D eigenvalue weighted by atomic mass is 10.1. The van der Waals surface area contributed by atoms with Gasteiger partial charge < -0.3 is 10.7 Å². The van der Waals surface area contributed by atoms with Crippen LogP contribution in [0.4, 0.5) is 0 Å². The number of hydrogen-bond acceptors (Lipinski definition) is 2. The van der Waals surface area contributed by atoms with Gasteiger partial charge in [0.15, 0.2) is 0 Å². The van der Waals surface area contributed by atoms with Crippen molar-refractivity contribution in [1.29, 1.82) is 0 Å². The monoisotopic (exact) mass is 189 g/mol. The van der Waals surface area contributed by atoms with Crippen LogP contribution in [0.3, 0.4) is 0 Å². The maximum absolute atomic E-state index is 5.60. The average molecular weight is 189 g/mol. The number of hydrogen-bond donors (Lipinski definition) is 2. The molecular weight excluding hydrogens is 174 g/mol. The van der Waals surface area contributed by atoms with Gasteiger partial charge >= 0.3 is 0 Å².